The van der Waals surface area contributed by atoms with E-state index in [0.717, 1.165) is 18.6 Å². The van der Waals surface area contributed by atoms with E-state index < -0.39 is 6.16 Å². The Morgan fingerprint density at radius 2 is 2.41 bits per heavy atom. The maximum absolute atomic E-state index is 11.2. The van der Waals surface area contributed by atoms with Gasteiger partial charge >= 0.3 is 6.16 Å². The van der Waals surface area contributed by atoms with E-state index in [0.29, 0.717) is 31.0 Å². The summed E-state index contributed by atoms with van der Waals surface area (Å²) in [5.74, 6) is 2.29. The minimum Gasteiger partial charge on any atom is -0.499 e. The molecular weight excluding hydrogens is 220 g/mol. The fraction of sp³-hybridized carbons (Fsp3) is 0.769. The Morgan fingerprint density at radius 1 is 1.59 bits per heavy atom. The van der Waals surface area contributed by atoms with Crippen molar-refractivity contribution in [3.8, 4) is 0 Å². The lowest BCUT2D eigenvalue weighted by Gasteiger charge is -2.34. The molecule has 4 nitrogen and oxygen atoms in total. The molecule has 0 radical (unpaired) electrons. The van der Waals surface area contributed by atoms with E-state index in [2.05, 4.69) is 6.58 Å². The number of ether oxygens (including phenoxy) is 3. The third kappa shape index (κ3) is 1.70. The fourth-order valence-electron chi connectivity index (χ4n) is 3.81. The maximum Gasteiger partial charge on any atom is 0.509 e. The topological polar surface area (TPSA) is 44.8 Å². The second-order valence-electron chi connectivity index (χ2n) is 5.63. The van der Waals surface area contributed by atoms with Gasteiger partial charge in [-0.15, -0.1) is 0 Å². The second-order valence-corrected chi connectivity index (χ2v) is 5.63. The largest absolute Gasteiger partial charge is 0.509 e. The Balaban J connectivity index is 1.70. The predicted octanol–water partition coefficient (Wildman–Crippen LogP) is 2.49. The number of rotatable bonds is 3. The van der Waals surface area contributed by atoms with Crippen LogP contribution in [-0.2, 0) is 14.2 Å². The third-order valence-corrected chi connectivity index (χ3v) is 4.37. The standard InChI is InChI=1S/C13H18O4/c1-8(2)15-6-10-3-9-4-11(10)13(5-9)7-16-12(14)17-13/h9-11H,1,3-7H2,2H3. The van der Waals surface area contributed by atoms with Crippen LogP contribution < -0.4 is 0 Å². The number of allylic oxidation sites excluding steroid dienone is 1. The van der Waals surface area contributed by atoms with E-state index in [-0.39, 0.29) is 5.60 Å². The Morgan fingerprint density at radius 3 is 3.00 bits per heavy atom. The van der Waals surface area contributed by atoms with E-state index in [1.54, 1.807) is 0 Å². The summed E-state index contributed by atoms with van der Waals surface area (Å²) in [6.07, 6.45) is 2.78. The van der Waals surface area contributed by atoms with Crippen LogP contribution in [0.5, 0.6) is 0 Å². The number of fused-ring (bicyclic) bond motifs is 3. The van der Waals surface area contributed by atoms with Crippen LogP contribution in [0.3, 0.4) is 0 Å². The van der Waals surface area contributed by atoms with Crippen molar-refractivity contribution >= 4 is 6.16 Å². The Bertz CT molecular complexity index is 364. The second kappa shape index (κ2) is 3.65. The lowest BCUT2D eigenvalue weighted by molar-refractivity contribution is -0.0267. The maximum atomic E-state index is 11.2. The molecule has 4 atom stereocenters. The predicted molar refractivity (Wildman–Crippen MR) is 60.3 cm³/mol. The van der Waals surface area contributed by atoms with Gasteiger partial charge in [0.05, 0.1) is 12.4 Å². The van der Waals surface area contributed by atoms with Gasteiger partial charge in [0.1, 0.15) is 6.61 Å². The summed E-state index contributed by atoms with van der Waals surface area (Å²) < 4.78 is 16.0. The molecule has 0 N–H and O–H groups in total. The van der Waals surface area contributed by atoms with E-state index in [9.17, 15) is 4.79 Å². The van der Waals surface area contributed by atoms with Crippen molar-refractivity contribution in [2.45, 2.75) is 31.8 Å². The number of hydrogen-bond donors (Lipinski definition) is 0. The van der Waals surface area contributed by atoms with Gasteiger partial charge < -0.3 is 14.2 Å². The van der Waals surface area contributed by atoms with Gasteiger partial charge in [-0.05, 0) is 38.0 Å². The summed E-state index contributed by atoms with van der Waals surface area (Å²) in [6, 6.07) is 0. The van der Waals surface area contributed by atoms with Crippen molar-refractivity contribution in [1.82, 2.24) is 0 Å². The van der Waals surface area contributed by atoms with Crippen LogP contribution >= 0.6 is 0 Å². The van der Waals surface area contributed by atoms with Gasteiger partial charge in [0, 0.05) is 5.92 Å². The molecule has 1 heterocycles. The smallest absolute Gasteiger partial charge is 0.499 e. The molecule has 2 aliphatic carbocycles. The molecule has 17 heavy (non-hydrogen) atoms. The lowest BCUT2D eigenvalue weighted by Crippen LogP contribution is -2.43. The normalized spacial score (nSPS) is 42.6. The molecule has 3 fully saturated rings. The zero-order valence-electron chi connectivity index (χ0n) is 10.1. The lowest BCUT2D eigenvalue weighted by atomic mass is 9.78. The first kappa shape index (κ1) is 10.9. The summed E-state index contributed by atoms with van der Waals surface area (Å²) in [4.78, 5) is 11.2. The summed E-state index contributed by atoms with van der Waals surface area (Å²) in [7, 11) is 0. The highest BCUT2D eigenvalue weighted by Gasteiger charge is 2.61. The molecule has 0 aromatic heterocycles. The average Bonchev–Trinajstić information content (AvgIpc) is 2.90. The first-order valence-corrected chi connectivity index (χ1v) is 6.23. The highest BCUT2D eigenvalue weighted by molar-refractivity contribution is 5.63. The van der Waals surface area contributed by atoms with Crippen molar-refractivity contribution in [3.05, 3.63) is 12.3 Å². The van der Waals surface area contributed by atoms with Crippen molar-refractivity contribution in [2.24, 2.45) is 17.8 Å². The van der Waals surface area contributed by atoms with E-state index in [1.165, 1.54) is 6.42 Å². The van der Waals surface area contributed by atoms with Gasteiger partial charge in [-0.1, -0.05) is 6.58 Å². The molecule has 94 valence electrons. The van der Waals surface area contributed by atoms with E-state index in [4.69, 9.17) is 14.2 Å². The molecule has 2 saturated carbocycles. The van der Waals surface area contributed by atoms with Crippen LogP contribution in [0.25, 0.3) is 0 Å². The summed E-state index contributed by atoms with van der Waals surface area (Å²) in [5.41, 5.74) is -0.344. The minimum atomic E-state index is -0.503. The van der Waals surface area contributed by atoms with Crippen molar-refractivity contribution in [2.75, 3.05) is 13.2 Å². The van der Waals surface area contributed by atoms with Crippen LogP contribution in [0.1, 0.15) is 26.2 Å². The van der Waals surface area contributed by atoms with Crippen molar-refractivity contribution in [1.29, 1.82) is 0 Å². The first-order chi connectivity index (χ1) is 8.09. The molecule has 3 rings (SSSR count). The molecule has 0 aromatic rings. The Labute approximate surface area is 101 Å². The Kier molecular flexibility index (Phi) is 2.35. The van der Waals surface area contributed by atoms with Gasteiger partial charge in [0.2, 0.25) is 0 Å². The van der Waals surface area contributed by atoms with Crippen LogP contribution in [-0.4, -0.2) is 25.0 Å². The minimum absolute atomic E-state index is 0.344. The Hall–Kier alpha value is -1.19. The highest BCUT2D eigenvalue weighted by atomic mass is 16.8. The van der Waals surface area contributed by atoms with Crippen LogP contribution in [0, 0.1) is 17.8 Å². The van der Waals surface area contributed by atoms with Crippen LogP contribution in [0.4, 0.5) is 4.79 Å². The molecular formula is C13H18O4. The molecule has 4 unspecified atom stereocenters. The number of carbonyl (C=O) groups excluding carboxylic acids is 1. The third-order valence-electron chi connectivity index (χ3n) is 4.37. The van der Waals surface area contributed by atoms with Crippen LogP contribution in [0.2, 0.25) is 0 Å². The molecule has 1 saturated heterocycles. The van der Waals surface area contributed by atoms with Crippen molar-refractivity contribution < 1.29 is 19.0 Å². The summed E-state index contributed by atoms with van der Waals surface area (Å²) in [5, 5.41) is 0. The zero-order valence-corrected chi connectivity index (χ0v) is 10.1. The molecule has 1 spiro atoms. The molecule has 3 aliphatic rings. The molecule has 2 bridgehead atoms. The summed E-state index contributed by atoms with van der Waals surface area (Å²) >= 11 is 0. The summed E-state index contributed by atoms with van der Waals surface area (Å²) in [6.45, 7) is 6.73. The molecule has 4 heteroatoms. The number of carbonyl (C=O) groups is 1. The fourth-order valence-corrected chi connectivity index (χ4v) is 3.81. The van der Waals surface area contributed by atoms with Gasteiger partial charge in [-0.25, -0.2) is 4.79 Å². The molecule has 0 aromatic carbocycles. The van der Waals surface area contributed by atoms with Gasteiger partial charge in [0.15, 0.2) is 5.60 Å². The highest BCUT2D eigenvalue weighted by Crippen LogP contribution is 2.57. The zero-order chi connectivity index (χ0) is 12.0. The van der Waals surface area contributed by atoms with Crippen LogP contribution in [0.15, 0.2) is 12.3 Å². The quantitative estimate of drug-likeness (QED) is 0.559. The van der Waals surface area contributed by atoms with E-state index >= 15 is 0 Å². The average molecular weight is 238 g/mol. The SMILES string of the molecule is C=C(C)OCC1CC2CC1C1(COC(=O)O1)C2. The molecule has 1 aliphatic heterocycles. The van der Waals surface area contributed by atoms with Gasteiger partial charge in [-0.2, -0.15) is 0 Å². The van der Waals surface area contributed by atoms with Gasteiger partial charge in [0.25, 0.3) is 0 Å². The van der Waals surface area contributed by atoms with E-state index in [1.807, 2.05) is 6.92 Å². The monoisotopic (exact) mass is 238 g/mol. The molecule has 0 amide bonds. The number of hydrogen-bond acceptors (Lipinski definition) is 4. The van der Waals surface area contributed by atoms with Crippen molar-refractivity contribution in [3.63, 3.8) is 0 Å². The van der Waals surface area contributed by atoms with Gasteiger partial charge in [-0.3, -0.25) is 0 Å². The number of cyclic esters (lactones) is 1. The first-order valence-electron chi connectivity index (χ1n) is 6.23.